The van der Waals surface area contributed by atoms with Gasteiger partial charge in [0.1, 0.15) is 5.60 Å². The van der Waals surface area contributed by atoms with Crippen LogP contribution in [-0.2, 0) is 4.74 Å². The van der Waals surface area contributed by atoms with Crippen molar-refractivity contribution in [2.24, 2.45) is 5.73 Å². The highest BCUT2D eigenvalue weighted by Gasteiger charge is 2.21. The Morgan fingerprint density at radius 2 is 2.16 bits per heavy atom. The number of nitrogens with one attached hydrogen (secondary N) is 1. The number of halogens is 2. The molecule has 0 fully saturated rings. The Labute approximate surface area is 126 Å². The van der Waals surface area contributed by atoms with Gasteiger partial charge >= 0.3 is 6.09 Å². The number of hydrogen-bond acceptors (Lipinski definition) is 3. The van der Waals surface area contributed by atoms with Crippen molar-refractivity contribution in [2.75, 3.05) is 6.54 Å². The zero-order valence-corrected chi connectivity index (χ0v) is 13.5. The van der Waals surface area contributed by atoms with Crippen LogP contribution in [0.1, 0.15) is 32.4 Å². The summed E-state index contributed by atoms with van der Waals surface area (Å²) in [6.45, 7) is 5.66. The fourth-order valence-electron chi connectivity index (χ4n) is 1.50. The largest absolute Gasteiger partial charge is 0.444 e. The fraction of sp³-hybridized carbons (Fsp3) is 0.462. The molecule has 0 heterocycles. The summed E-state index contributed by atoms with van der Waals surface area (Å²) in [5.41, 5.74) is 5.98. The predicted molar refractivity (Wildman–Crippen MR) is 80.3 cm³/mol. The van der Waals surface area contributed by atoms with Crippen LogP contribution in [-0.4, -0.2) is 18.2 Å². The zero-order valence-electron chi connectivity index (χ0n) is 11.2. The molecule has 1 aromatic carbocycles. The number of alkyl carbamates (subject to hydrolysis) is 1. The van der Waals surface area contributed by atoms with E-state index >= 15 is 0 Å². The van der Waals surface area contributed by atoms with E-state index in [9.17, 15) is 4.79 Å². The molecule has 0 saturated carbocycles. The molecule has 4 nitrogen and oxygen atoms in total. The van der Waals surface area contributed by atoms with E-state index < -0.39 is 11.7 Å². The van der Waals surface area contributed by atoms with Crippen LogP contribution >= 0.6 is 27.5 Å². The topological polar surface area (TPSA) is 64.3 Å². The Kier molecular flexibility index (Phi) is 5.64. The molecule has 0 aliphatic carbocycles. The summed E-state index contributed by atoms with van der Waals surface area (Å²) in [6.07, 6.45) is -0.505. The number of nitrogens with two attached hydrogens (primary N) is 1. The van der Waals surface area contributed by atoms with Gasteiger partial charge in [-0.25, -0.2) is 4.79 Å². The minimum absolute atomic E-state index is 0.248. The van der Waals surface area contributed by atoms with Crippen LogP contribution < -0.4 is 11.1 Å². The number of hydrogen-bond donors (Lipinski definition) is 2. The Hall–Kier alpha value is -0.780. The number of carbonyl (C=O) groups excluding carboxylic acids is 1. The molecule has 1 atom stereocenters. The minimum Gasteiger partial charge on any atom is -0.444 e. The quantitative estimate of drug-likeness (QED) is 0.876. The van der Waals surface area contributed by atoms with Crippen LogP contribution in [0, 0.1) is 0 Å². The zero-order chi connectivity index (χ0) is 14.6. The number of rotatable bonds is 3. The lowest BCUT2D eigenvalue weighted by Gasteiger charge is -2.23. The monoisotopic (exact) mass is 348 g/mol. The molecule has 1 unspecified atom stereocenters. The summed E-state index contributed by atoms with van der Waals surface area (Å²) in [5.74, 6) is 0. The van der Waals surface area contributed by atoms with Gasteiger partial charge in [-0.15, -0.1) is 0 Å². The Bertz CT molecular complexity index is 460. The molecule has 106 valence electrons. The van der Waals surface area contributed by atoms with Crippen LogP contribution in [0.15, 0.2) is 22.7 Å². The summed E-state index contributed by atoms with van der Waals surface area (Å²) >= 11 is 9.37. The van der Waals surface area contributed by atoms with E-state index in [-0.39, 0.29) is 12.6 Å². The van der Waals surface area contributed by atoms with Crippen molar-refractivity contribution in [2.45, 2.75) is 32.4 Å². The Morgan fingerprint density at radius 3 is 2.68 bits per heavy atom. The molecular weight excluding hydrogens is 332 g/mol. The van der Waals surface area contributed by atoms with E-state index in [1.807, 2.05) is 6.07 Å². The minimum atomic E-state index is -0.547. The fourth-order valence-corrected chi connectivity index (χ4v) is 2.20. The molecule has 0 radical (unpaired) electrons. The van der Waals surface area contributed by atoms with Gasteiger partial charge in [-0.05, 0) is 44.5 Å². The van der Waals surface area contributed by atoms with Gasteiger partial charge in [0.25, 0.3) is 0 Å². The van der Waals surface area contributed by atoms with Crippen LogP contribution in [0.4, 0.5) is 4.79 Å². The van der Waals surface area contributed by atoms with E-state index in [1.165, 1.54) is 0 Å². The van der Waals surface area contributed by atoms with Crippen molar-refractivity contribution in [3.05, 3.63) is 33.3 Å². The van der Waals surface area contributed by atoms with Gasteiger partial charge in [0.15, 0.2) is 0 Å². The van der Waals surface area contributed by atoms with Crippen LogP contribution in [0.3, 0.4) is 0 Å². The predicted octanol–water partition coefficient (Wildman–Crippen LogP) is 3.63. The highest BCUT2D eigenvalue weighted by molar-refractivity contribution is 9.10. The second-order valence-corrected chi connectivity index (χ2v) is 6.39. The van der Waals surface area contributed by atoms with Crippen molar-refractivity contribution in [1.29, 1.82) is 0 Å². The van der Waals surface area contributed by atoms with Gasteiger partial charge in [-0.1, -0.05) is 27.5 Å². The van der Waals surface area contributed by atoms with Crippen molar-refractivity contribution in [1.82, 2.24) is 5.32 Å². The van der Waals surface area contributed by atoms with E-state index in [4.69, 9.17) is 22.1 Å². The summed E-state index contributed by atoms with van der Waals surface area (Å²) in [6, 6.07) is 4.98. The molecule has 0 aliphatic heterocycles. The summed E-state index contributed by atoms with van der Waals surface area (Å²) in [7, 11) is 0. The lowest BCUT2D eigenvalue weighted by Crippen LogP contribution is -2.37. The highest BCUT2D eigenvalue weighted by Crippen LogP contribution is 2.26. The lowest BCUT2D eigenvalue weighted by atomic mass is 10.1. The number of ether oxygens (including phenoxy) is 1. The van der Waals surface area contributed by atoms with Gasteiger partial charge in [-0.3, -0.25) is 0 Å². The molecule has 0 aromatic heterocycles. The van der Waals surface area contributed by atoms with Crippen molar-refractivity contribution < 1.29 is 9.53 Å². The molecule has 1 rings (SSSR count). The third-order valence-corrected chi connectivity index (χ3v) is 3.22. The van der Waals surface area contributed by atoms with Gasteiger partial charge in [-0.2, -0.15) is 0 Å². The average molecular weight is 350 g/mol. The third kappa shape index (κ3) is 5.38. The maximum absolute atomic E-state index is 11.8. The summed E-state index contributed by atoms with van der Waals surface area (Å²) in [5, 5.41) is 3.32. The van der Waals surface area contributed by atoms with Crippen LogP contribution in [0.25, 0.3) is 0 Å². The van der Waals surface area contributed by atoms with E-state index in [0.717, 1.165) is 10.0 Å². The van der Waals surface area contributed by atoms with Gasteiger partial charge in [0.2, 0.25) is 0 Å². The standard InChI is InChI=1S/C13H18BrClN2O2/c1-13(2,3)19-12(18)17-11(7-16)9-6-8(15)4-5-10(9)14/h4-6,11H,7,16H2,1-3H3,(H,17,18). The molecule has 0 spiro atoms. The lowest BCUT2D eigenvalue weighted by molar-refractivity contribution is 0.0505. The number of amides is 1. The molecular formula is C13H18BrClN2O2. The van der Waals surface area contributed by atoms with Crippen molar-refractivity contribution >= 4 is 33.6 Å². The van der Waals surface area contributed by atoms with Crippen molar-refractivity contribution in [3.8, 4) is 0 Å². The first kappa shape index (κ1) is 16.3. The normalized spacial score (nSPS) is 12.9. The first-order chi connectivity index (χ1) is 8.73. The molecule has 1 amide bonds. The summed E-state index contributed by atoms with van der Waals surface area (Å²) in [4.78, 5) is 11.8. The second kappa shape index (κ2) is 6.59. The van der Waals surface area contributed by atoms with Gasteiger partial charge in [0.05, 0.1) is 6.04 Å². The van der Waals surface area contributed by atoms with Crippen LogP contribution in [0.2, 0.25) is 5.02 Å². The Balaban J connectivity index is 2.84. The van der Waals surface area contributed by atoms with E-state index in [2.05, 4.69) is 21.2 Å². The molecule has 1 aromatic rings. The molecule has 19 heavy (non-hydrogen) atoms. The summed E-state index contributed by atoms with van der Waals surface area (Å²) < 4.78 is 6.04. The van der Waals surface area contributed by atoms with Gasteiger partial charge < -0.3 is 15.8 Å². The number of benzene rings is 1. The molecule has 3 N–H and O–H groups in total. The smallest absolute Gasteiger partial charge is 0.408 e. The van der Waals surface area contributed by atoms with Crippen molar-refractivity contribution in [3.63, 3.8) is 0 Å². The Morgan fingerprint density at radius 1 is 1.53 bits per heavy atom. The van der Waals surface area contributed by atoms with Gasteiger partial charge in [0, 0.05) is 16.0 Å². The average Bonchev–Trinajstić information content (AvgIpc) is 2.27. The van der Waals surface area contributed by atoms with Crippen LogP contribution in [0.5, 0.6) is 0 Å². The first-order valence-electron chi connectivity index (χ1n) is 5.87. The highest BCUT2D eigenvalue weighted by atomic mass is 79.9. The SMILES string of the molecule is CC(C)(C)OC(=O)NC(CN)c1cc(Cl)ccc1Br. The first-order valence-corrected chi connectivity index (χ1v) is 7.04. The van der Waals surface area contributed by atoms with E-state index in [0.29, 0.717) is 5.02 Å². The maximum atomic E-state index is 11.8. The second-order valence-electron chi connectivity index (χ2n) is 5.10. The van der Waals surface area contributed by atoms with E-state index in [1.54, 1.807) is 32.9 Å². The molecule has 0 bridgehead atoms. The molecule has 0 aliphatic rings. The molecule has 6 heteroatoms. The molecule has 0 saturated heterocycles. The maximum Gasteiger partial charge on any atom is 0.408 e. The number of carbonyl (C=O) groups is 1. The third-order valence-electron chi connectivity index (χ3n) is 2.26.